The molecule has 0 atom stereocenters. The fraction of sp³-hybridized carbons (Fsp3) is 0.296. The predicted octanol–water partition coefficient (Wildman–Crippen LogP) is 5.44. The van der Waals surface area contributed by atoms with Gasteiger partial charge in [-0.15, -0.1) is 0 Å². The van der Waals surface area contributed by atoms with E-state index in [4.69, 9.17) is 4.84 Å². The molecule has 31 heavy (non-hydrogen) atoms. The zero-order valence-corrected chi connectivity index (χ0v) is 18.7. The third kappa shape index (κ3) is 4.49. The van der Waals surface area contributed by atoms with Crippen LogP contribution in [-0.2, 0) is 17.9 Å². The molecule has 0 aliphatic carbocycles. The van der Waals surface area contributed by atoms with Gasteiger partial charge in [0.05, 0.1) is 11.0 Å². The molecule has 0 unspecified atom stereocenters. The summed E-state index contributed by atoms with van der Waals surface area (Å²) in [4.78, 5) is 5.51. The number of hydrogen-bond acceptors (Lipinski definition) is 3. The van der Waals surface area contributed by atoms with Crippen LogP contribution in [0.25, 0.3) is 21.8 Å². The number of rotatable bonds is 8. The first-order valence-corrected chi connectivity index (χ1v) is 11.1. The lowest BCUT2D eigenvalue weighted by molar-refractivity contribution is 0.148. The van der Waals surface area contributed by atoms with Crippen molar-refractivity contribution in [1.29, 1.82) is 0 Å². The summed E-state index contributed by atoms with van der Waals surface area (Å²) in [6.07, 6.45) is 1.05. The number of pyridine rings is 1. The molecule has 1 N–H and O–H groups in total. The summed E-state index contributed by atoms with van der Waals surface area (Å²) < 4.78 is 2.46. The first kappa shape index (κ1) is 21.1. The van der Waals surface area contributed by atoms with Crippen molar-refractivity contribution < 1.29 is 4.84 Å². The number of aromatic nitrogens is 1. The van der Waals surface area contributed by atoms with E-state index >= 15 is 0 Å². The van der Waals surface area contributed by atoms with Crippen LogP contribution in [0.3, 0.4) is 0 Å². The Hall–Kier alpha value is -3.11. The number of nitrogens with zero attached hydrogens (tertiary/aromatic N) is 2. The number of hydrogen-bond donors (Lipinski definition) is 1. The van der Waals surface area contributed by atoms with Crippen LogP contribution in [0, 0.1) is 13.8 Å². The van der Waals surface area contributed by atoms with Crippen LogP contribution in [0.2, 0.25) is 0 Å². The predicted molar refractivity (Wildman–Crippen MR) is 129 cm³/mol. The van der Waals surface area contributed by atoms with E-state index in [1.54, 1.807) is 0 Å². The molecule has 4 aromatic rings. The number of para-hydroxylation sites is 1. The fourth-order valence-electron chi connectivity index (χ4n) is 4.17. The van der Waals surface area contributed by atoms with Crippen molar-refractivity contribution in [3.63, 3.8) is 0 Å². The normalized spacial score (nSPS) is 12.0. The molecule has 3 aromatic carbocycles. The molecule has 1 heterocycles. The van der Waals surface area contributed by atoms with Crippen molar-refractivity contribution in [3.05, 3.63) is 88.8 Å². The number of nitrogens with one attached hydrogen (secondary N) is 1. The lowest BCUT2D eigenvalue weighted by Gasteiger charge is -2.19. The highest BCUT2D eigenvalue weighted by Gasteiger charge is 2.13. The van der Waals surface area contributed by atoms with Gasteiger partial charge in [0.2, 0.25) is 0 Å². The van der Waals surface area contributed by atoms with Gasteiger partial charge in [0.25, 0.3) is 0 Å². The Morgan fingerprint density at radius 2 is 1.68 bits per heavy atom. The lowest BCUT2D eigenvalue weighted by Crippen LogP contribution is -2.19. The summed E-state index contributed by atoms with van der Waals surface area (Å²) in [5, 5.41) is 11.3. The molecule has 0 saturated heterocycles. The van der Waals surface area contributed by atoms with E-state index in [0.717, 1.165) is 42.2 Å². The van der Waals surface area contributed by atoms with Gasteiger partial charge in [0.1, 0.15) is 12.0 Å². The molecule has 4 heteroatoms. The average Bonchev–Trinajstić information content (AvgIpc) is 2.80. The van der Waals surface area contributed by atoms with Crippen LogP contribution in [0.5, 0.6) is 0 Å². The third-order valence-electron chi connectivity index (χ3n) is 5.87. The van der Waals surface area contributed by atoms with Gasteiger partial charge in [-0.1, -0.05) is 65.8 Å². The standard InChI is InChI=1S/C27H31N3O/c1-4-31-29-26-23-13-8-9-14-25(23)30(27-21(3)20(2)15-16-24(26)27)18-10-17-28-19-22-11-6-5-7-12-22/h5-9,11-16,28H,4,10,17-19H2,1-3H3/b29-26-. The summed E-state index contributed by atoms with van der Waals surface area (Å²) in [5.41, 5.74) is 6.36. The monoisotopic (exact) mass is 413 g/mol. The molecule has 0 fully saturated rings. The van der Waals surface area contributed by atoms with Crippen LogP contribution in [0.4, 0.5) is 0 Å². The zero-order chi connectivity index (χ0) is 21.6. The highest BCUT2D eigenvalue weighted by atomic mass is 16.6. The minimum Gasteiger partial charge on any atom is -0.396 e. The Morgan fingerprint density at radius 1 is 0.903 bits per heavy atom. The van der Waals surface area contributed by atoms with Crippen LogP contribution >= 0.6 is 0 Å². The molecule has 4 nitrogen and oxygen atoms in total. The van der Waals surface area contributed by atoms with Crippen LogP contribution in [0.1, 0.15) is 30.0 Å². The van der Waals surface area contributed by atoms with Crippen molar-refractivity contribution in [2.24, 2.45) is 5.16 Å². The molecule has 0 aliphatic rings. The van der Waals surface area contributed by atoms with Gasteiger partial charge in [-0.3, -0.25) is 0 Å². The molecule has 160 valence electrons. The Labute approximate surface area is 184 Å². The topological polar surface area (TPSA) is 38.5 Å². The van der Waals surface area contributed by atoms with Gasteiger partial charge in [0, 0.05) is 23.9 Å². The van der Waals surface area contributed by atoms with E-state index in [-0.39, 0.29) is 0 Å². The second kappa shape index (κ2) is 9.80. The highest BCUT2D eigenvalue weighted by molar-refractivity contribution is 5.95. The minimum absolute atomic E-state index is 0.558. The molecule has 0 radical (unpaired) electrons. The van der Waals surface area contributed by atoms with E-state index in [1.807, 2.05) is 6.92 Å². The molecule has 0 aliphatic heterocycles. The molecule has 0 amide bonds. The minimum atomic E-state index is 0.558. The molecular formula is C27H31N3O. The smallest absolute Gasteiger partial charge is 0.121 e. The quantitative estimate of drug-likeness (QED) is 0.237. The Bertz CT molecular complexity index is 1240. The van der Waals surface area contributed by atoms with Crippen molar-refractivity contribution in [2.45, 2.75) is 40.3 Å². The lowest BCUT2D eigenvalue weighted by atomic mass is 10.0. The number of fused-ring (bicyclic) bond motifs is 2. The fourth-order valence-corrected chi connectivity index (χ4v) is 4.17. The van der Waals surface area contributed by atoms with Gasteiger partial charge >= 0.3 is 0 Å². The van der Waals surface area contributed by atoms with E-state index in [0.29, 0.717) is 6.61 Å². The summed E-state index contributed by atoms with van der Waals surface area (Å²) in [6.45, 7) is 9.72. The van der Waals surface area contributed by atoms with Crippen molar-refractivity contribution >= 4 is 21.8 Å². The summed E-state index contributed by atoms with van der Waals surface area (Å²) in [7, 11) is 0. The van der Waals surface area contributed by atoms with Gasteiger partial charge in [-0.2, -0.15) is 0 Å². The summed E-state index contributed by atoms with van der Waals surface area (Å²) >= 11 is 0. The number of aryl methyl sites for hydroxylation is 3. The Morgan fingerprint density at radius 3 is 2.48 bits per heavy atom. The Balaban J connectivity index is 1.70. The van der Waals surface area contributed by atoms with Crippen molar-refractivity contribution in [2.75, 3.05) is 13.2 Å². The maximum atomic E-state index is 5.51. The zero-order valence-electron chi connectivity index (χ0n) is 18.7. The van der Waals surface area contributed by atoms with E-state index in [9.17, 15) is 0 Å². The Kier molecular flexibility index (Phi) is 6.68. The molecule has 1 aromatic heterocycles. The summed E-state index contributed by atoms with van der Waals surface area (Å²) in [6, 6.07) is 23.4. The van der Waals surface area contributed by atoms with Crippen LogP contribution in [0.15, 0.2) is 71.9 Å². The molecule has 0 saturated carbocycles. The van der Waals surface area contributed by atoms with Crippen LogP contribution in [-0.4, -0.2) is 17.7 Å². The molecular weight excluding hydrogens is 382 g/mol. The van der Waals surface area contributed by atoms with Crippen LogP contribution < -0.4 is 10.7 Å². The maximum Gasteiger partial charge on any atom is 0.121 e. The first-order chi connectivity index (χ1) is 15.2. The van der Waals surface area contributed by atoms with Gasteiger partial charge in [-0.25, -0.2) is 0 Å². The van der Waals surface area contributed by atoms with E-state index < -0.39 is 0 Å². The number of benzene rings is 3. The van der Waals surface area contributed by atoms with E-state index in [2.05, 4.69) is 95.6 Å². The second-order valence-electron chi connectivity index (χ2n) is 7.95. The van der Waals surface area contributed by atoms with Gasteiger partial charge < -0.3 is 14.7 Å². The largest absolute Gasteiger partial charge is 0.396 e. The highest BCUT2D eigenvalue weighted by Crippen LogP contribution is 2.25. The van der Waals surface area contributed by atoms with E-state index in [1.165, 1.54) is 27.7 Å². The maximum absolute atomic E-state index is 5.51. The van der Waals surface area contributed by atoms with Gasteiger partial charge in [0.15, 0.2) is 0 Å². The molecule has 0 bridgehead atoms. The first-order valence-electron chi connectivity index (χ1n) is 11.1. The SMILES string of the molecule is CCO/N=c1/c2ccccc2n(CCCNCc2ccccc2)c2c(C)c(C)ccc12. The molecule has 4 rings (SSSR count). The van der Waals surface area contributed by atoms with Crippen molar-refractivity contribution in [3.8, 4) is 0 Å². The molecule has 0 spiro atoms. The van der Waals surface area contributed by atoms with Gasteiger partial charge in [-0.05, 0) is 56.5 Å². The summed E-state index contributed by atoms with van der Waals surface area (Å²) in [5.74, 6) is 0. The second-order valence-corrected chi connectivity index (χ2v) is 7.95. The average molecular weight is 414 g/mol. The van der Waals surface area contributed by atoms with Crippen molar-refractivity contribution in [1.82, 2.24) is 9.88 Å². The third-order valence-corrected chi connectivity index (χ3v) is 5.87.